The quantitative estimate of drug-likeness (QED) is 0.858. The normalized spacial score (nSPS) is 29.8. The molecule has 0 aromatic heterocycles. The van der Waals surface area contributed by atoms with Gasteiger partial charge in [0.2, 0.25) is 0 Å². The number of hydrogen-bond acceptors (Lipinski definition) is 2. The predicted molar refractivity (Wildman–Crippen MR) is 83.0 cm³/mol. The Bertz CT molecular complexity index is 428. The molecule has 4 unspecified atom stereocenters. The highest BCUT2D eigenvalue weighted by Gasteiger charge is 2.43. The number of ether oxygens (including phenoxy) is 1. The van der Waals surface area contributed by atoms with E-state index in [1.165, 1.54) is 30.4 Å². The van der Waals surface area contributed by atoms with Crippen LogP contribution in [0.2, 0.25) is 0 Å². The van der Waals surface area contributed by atoms with E-state index >= 15 is 0 Å². The number of rotatable bonds is 6. The molecule has 0 aliphatic carbocycles. The fourth-order valence-corrected chi connectivity index (χ4v) is 3.90. The van der Waals surface area contributed by atoms with Gasteiger partial charge in [0.1, 0.15) is 0 Å². The number of nitrogens with one attached hydrogen (secondary N) is 1. The van der Waals surface area contributed by atoms with Gasteiger partial charge in [-0.15, -0.1) is 0 Å². The van der Waals surface area contributed by atoms with Gasteiger partial charge in [-0.1, -0.05) is 38.1 Å². The molecule has 2 heteroatoms. The lowest BCUT2D eigenvalue weighted by Gasteiger charge is -2.29. The molecule has 2 aliphatic rings. The lowest BCUT2D eigenvalue weighted by molar-refractivity contribution is 0.0858. The van der Waals surface area contributed by atoms with Gasteiger partial charge in [-0.2, -0.15) is 0 Å². The van der Waals surface area contributed by atoms with E-state index in [0.717, 1.165) is 19.4 Å². The third-order valence-corrected chi connectivity index (χ3v) is 5.02. The van der Waals surface area contributed by atoms with Gasteiger partial charge in [-0.3, -0.25) is 0 Å². The third-order valence-electron chi connectivity index (χ3n) is 5.02. The van der Waals surface area contributed by atoms with Crippen molar-refractivity contribution in [1.82, 2.24) is 5.32 Å². The second-order valence-corrected chi connectivity index (χ2v) is 6.31. The second kappa shape index (κ2) is 6.28. The van der Waals surface area contributed by atoms with Crippen LogP contribution in [0.3, 0.4) is 0 Å². The average Bonchev–Trinajstić information content (AvgIpc) is 3.10. The minimum Gasteiger partial charge on any atom is -0.375 e. The van der Waals surface area contributed by atoms with Gasteiger partial charge in [0, 0.05) is 12.0 Å². The van der Waals surface area contributed by atoms with Crippen molar-refractivity contribution in [3.8, 4) is 0 Å². The molecule has 2 fully saturated rings. The third kappa shape index (κ3) is 2.91. The maximum Gasteiger partial charge on any atom is 0.0623 e. The number of likely N-dealkylation sites (N-methyl/N-ethyl adjacent to an activating group) is 1. The van der Waals surface area contributed by atoms with Crippen molar-refractivity contribution in [3.05, 3.63) is 35.4 Å². The second-order valence-electron chi connectivity index (χ2n) is 6.31. The molecular formula is C18H27NO. The van der Waals surface area contributed by atoms with Gasteiger partial charge in [-0.25, -0.2) is 0 Å². The van der Waals surface area contributed by atoms with Crippen molar-refractivity contribution in [2.45, 2.75) is 64.2 Å². The van der Waals surface area contributed by atoms with Gasteiger partial charge in [0.15, 0.2) is 0 Å². The summed E-state index contributed by atoms with van der Waals surface area (Å²) in [6, 6.07) is 9.72. The number of hydrogen-bond donors (Lipinski definition) is 1. The van der Waals surface area contributed by atoms with Crippen LogP contribution in [0.25, 0.3) is 0 Å². The van der Waals surface area contributed by atoms with Crippen LogP contribution in [0.4, 0.5) is 0 Å². The Hall–Kier alpha value is -0.860. The van der Waals surface area contributed by atoms with E-state index in [-0.39, 0.29) is 0 Å². The molecular weight excluding hydrogens is 246 g/mol. The zero-order valence-electron chi connectivity index (χ0n) is 12.8. The van der Waals surface area contributed by atoms with Crippen LogP contribution >= 0.6 is 0 Å². The van der Waals surface area contributed by atoms with Crippen LogP contribution in [0.15, 0.2) is 24.3 Å². The summed E-state index contributed by atoms with van der Waals surface area (Å²) in [5.74, 6) is 0.708. The smallest absolute Gasteiger partial charge is 0.0623 e. The molecule has 1 aromatic carbocycles. The largest absolute Gasteiger partial charge is 0.375 e. The maximum atomic E-state index is 6.05. The topological polar surface area (TPSA) is 21.3 Å². The summed E-state index contributed by atoms with van der Waals surface area (Å²) in [6.45, 7) is 5.47. The standard InChI is InChI=1S/C18H27NO/c1-3-13-5-7-14(8-6-13)11-17(19-4-2)16-12-15-9-10-18(16)20-15/h5-8,15-19H,3-4,9-12H2,1-2H3. The van der Waals surface area contributed by atoms with E-state index < -0.39 is 0 Å². The molecule has 0 spiro atoms. The van der Waals surface area contributed by atoms with Crippen LogP contribution in [0, 0.1) is 5.92 Å². The van der Waals surface area contributed by atoms with Crippen molar-refractivity contribution in [3.63, 3.8) is 0 Å². The first-order chi connectivity index (χ1) is 9.80. The monoisotopic (exact) mass is 273 g/mol. The highest BCUT2D eigenvalue weighted by atomic mass is 16.5. The van der Waals surface area contributed by atoms with Crippen LogP contribution in [-0.4, -0.2) is 24.8 Å². The minimum absolute atomic E-state index is 0.513. The van der Waals surface area contributed by atoms with Gasteiger partial charge >= 0.3 is 0 Å². The molecule has 20 heavy (non-hydrogen) atoms. The number of fused-ring (bicyclic) bond motifs is 2. The van der Waals surface area contributed by atoms with E-state index in [1.807, 2.05) is 0 Å². The van der Waals surface area contributed by atoms with E-state index in [4.69, 9.17) is 4.74 Å². The fourth-order valence-electron chi connectivity index (χ4n) is 3.90. The van der Waals surface area contributed by atoms with E-state index in [2.05, 4.69) is 43.4 Å². The molecule has 2 nitrogen and oxygen atoms in total. The summed E-state index contributed by atoms with van der Waals surface area (Å²) in [5, 5.41) is 3.71. The minimum atomic E-state index is 0.513. The Kier molecular flexibility index (Phi) is 4.42. The van der Waals surface area contributed by atoms with Crippen LogP contribution in [0.1, 0.15) is 44.2 Å². The van der Waals surface area contributed by atoms with Crippen LogP contribution in [0.5, 0.6) is 0 Å². The molecule has 0 radical (unpaired) electrons. The van der Waals surface area contributed by atoms with Crippen LogP contribution in [-0.2, 0) is 17.6 Å². The lowest BCUT2D eigenvalue weighted by atomic mass is 9.81. The van der Waals surface area contributed by atoms with Crippen molar-refractivity contribution in [2.24, 2.45) is 5.92 Å². The number of aryl methyl sites for hydroxylation is 1. The van der Waals surface area contributed by atoms with E-state index in [9.17, 15) is 0 Å². The summed E-state index contributed by atoms with van der Waals surface area (Å²) in [4.78, 5) is 0. The maximum absolute atomic E-state index is 6.05. The molecule has 1 aromatic rings. The lowest BCUT2D eigenvalue weighted by Crippen LogP contribution is -2.42. The Morgan fingerprint density at radius 2 is 1.90 bits per heavy atom. The van der Waals surface area contributed by atoms with Gasteiger partial charge in [0.05, 0.1) is 12.2 Å². The molecule has 1 N–H and O–H groups in total. The van der Waals surface area contributed by atoms with E-state index in [1.54, 1.807) is 0 Å². The molecule has 2 saturated heterocycles. The average molecular weight is 273 g/mol. The van der Waals surface area contributed by atoms with Crippen molar-refractivity contribution in [2.75, 3.05) is 6.54 Å². The number of benzene rings is 1. The fraction of sp³-hybridized carbons (Fsp3) is 0.667. The molecule has 3 rings (SSSR count). The SMILES string of the molecule is CCNC(Cc1ccc(CC)cc1)C1CC2CCC1O2. The first kappa shape index (κ1) is 14.1. The molecule has 4 atom stereocenters. The Balaban J connectivity index is 1.67. The molecule has 2 aliphatic heterocycles. The van der Waals surface area contributed by atoms with Crippen molar-refractivity contribution < 1.29 is 4.74 Å². The highest BCUT2D eigenvalue weighted by molar-refractivity contribution is 5.23. The first-order valence-corrected chi connectivity index (χ1v) is 8.26. The molecule has 0 saturated carbocycles. The molecule has 110 valence electrons. The molecule has 2 bridgehead atoms. The van der Waals surface area contributed by atoms with E-state index in [0.29, 0.717) is 24.2 Å². The Morgan fingerprint density at radius 1 is 1.15 bits per heavy atom. The van der Waals surface area contributed by atoms with Gasteiger partial charge in [0.25, 0.3) is 0 Å². The first-order valence-electron chi connectivity index (χ1n) is 8.26. The summed E-state index contributed by atoms with van der Waals surface area (Å²) in [5.41, 5.74) is 2.88. The Labute approximate surface area is 122 Å². The summed E-state index contributed by atoms with van der Waals surface area (Å²) >= 11 is 0. The summed E-state index contributed by atoms with van der Waals surface area (Å²) in [6.07, 6.45) is 7.13. The zero-order valence-corrected chi connectivity index (χ0v) is 12.8. The van der Waals surface area contributed by atoms with Crippen molar-refractivity contribution >= 4 is 0 Å². The molecule has 0 amide bonds. The summed E-state index contributed by atoms with van der Waals surface area (Å²) in [7, 11) is 0. The molecule has 2 heterocycles. The van der Waals surface area contributed by atoms with Gasteiger partial charge in [-0.05, 0) is 49.8 Å². The predicted octanol–water partition coefficient (Wildman–Crippen LogP) is 3.34. The van der Waals surface area contributed by atoms with Crippen molar-refractivity contribution in [1.29, 1.82) is 0 Å². The highest BCUT2D eigenvalue weighted by Crippen LogP contribution is 2.41. The van der Waals surface area contributed by atoms with Gasteiger partial charge < -0.3 is 10.1 Å². The Morgan fingerprint density at radius 3 is 2.45 bits per heavy atom. The zero-order chi connectivity index (χ0) is 13.9. The van der Waals surface area contributed by atoms with Crippen LogP contribution < -0.4 is 5.32 Å². The summed E-state index contributed by atoms with van der Waals surface area (Å²) < 4.78 is 6.05.